The third-order valence-corrected chi connectivity index (χ3v) is 2.46. The minimum absolute atomic E-state index is 0.138. The number of carboxylic acid groups (broad SMARTS) is 1. The summed E-state index contributed by atoms with van der Waals surface area (Å²) in [6.07, 6.45) is 0. The Morgan fingerprint density at radius 1 is 1.50 bits per heavy atom. The van der Waals surface area contributed by atoms with Crippen LogP contribution in [0.4, 0.5) is 8.78 Å². The molecule has 0 aliphatic heterocycles. The fourth-order valence-corrected chi connectivity index (χ4v) is 1.62. The van der Waals surface area contributed by atoms with Crippen LogP contribution < -0.4 is 4.74 Å². The average molecular weight is 251 g/mol. The second-order valence-corrected chi connectivity index (χ2v) is 3.60. The van der Waals surface area contributed by atoms with Gasteiger partial charge in [0.25, 0.3) is 0 Å². The SMILES string of the molecule is Cc1cc(Cl)c(OC(F)F)c(C(=O)O)c1C. The Labute approximate surface area is 95.6 Å². The van der Waals surface area contributed by atoms with Crippen molar-refractivity contribution in [1.82, 2.24) is 0 Å². The van der Waals surface area contributed by atoms with Gasteiger partial charge in [-0.3, -0.25) is 0 Å². The van der Waals surface area contributed by atoms with E-state index < -0.39 is 18.3 Å². The topological polar surface area (TPSA) is 46.5 Å². The molecule has 0 aromatic heterocycles. The fraction of sp³-hybridized carbons (Fsp3) is 0.300. The summed E-state index contributed by atoms with van der Waals surface area (Å²) < 4.78 is 28.3. The lowest BCUT2D eigenvalue weighted by Gasteiger charge is -2.13. The molecule has 6 heteroatoms. The summed E-state index contributed by atoms with van der Waals surface area (Å²) in [6, 6.07) is 1.39. The predicted molar refractivity (Wildman–Crippen MR) is 54.5 cm³/mol. The van der Waals surface area contributed by atoms with Gasteiger partial charge in [-0.25, -0.2) is 4.79 Å². The van der Waals surface area contributed by atoms with E-state index in [1.807, 2.05) is 0 Å². The minimum Gasteiger partial charge on any atom is -0.478 e. The maximum atomic E-state index is 12.1. The Morgan fingerprint density at radius 3 is 2.50 bits per heavy atom. The van der Waals surface area contributed by atoms with Gasteiger partial charge < -0.3 is 9.84 Å². The molecule has 0 bridgehead atoms. The first-order valence-electron chi connectivity index (χ1n) is 4.32. The van der Waals surface area contributed by atoms with Crippen LogP contribution in [-0.2, 0) is 0 Å². The zero-order valence-corrected chi connectivity index (χ0v) is 9.31. The fourth-order valence-electron chi connectivity index (χ4n) is 1.31. The molecule has 3 nitrogen and oxygen atoms in total. The summed E-state index contributed by atoms with van der Waals surface area (Å²) in [5, 5.41) is 8.79. The third-order valence-electron chi connectivity index (χ3n) is 2.17. The van der Waals surface area contributed by atoms with Gasteiger partial charge in [-0.2, -0.15) is 8.78 Å². The van der Waals surface area contributed by atoms with Crippen molar-refractivity contribution < 1.29 is 23.4 Å². The zero-order chi connectivity index (χ0) is 12.5. The number of hydrogen-bond donors (Lipinski definition) is 1. The zero-order valence-electron chi connectivity index (χ0n) is 8.55. The highest BCUT2D eigenvalue weighted by molar-refractivity contribution is 6.32. The summed E-state index contributed by atoms with van der Waals surface area (Å²) >= 11 is 5.67. The van der Waals surface area contributed by atoms with Crippen LogP contribution in [0.25, 0.3) is 0 Å². The molecule has 0 amide bonds. The first-order chi connectivity index (χ1) is 7.34. The number of carboxylic acids is 1. The van der Waals surface area contributed by atoms with Crippen molar-refractivity contribution in [2.45, 2.75) is 20.5 Å². The van der Waals surface area contributed by atoms with Crippen LogP contribution in [0, 0.1) is 13.8 Å². The number of rotatable bonds is 3. The lowest BCUT2D eigenvalue weighted by atomic mass is 10.0. The quantitative estimate of drug-likeness (QED) is 0.896. The number of halogens is 3. The van der Waals surface area contributed by atoms with Crippen molar-refractivity contribution >= 4 is 17.6 Å². The van der Waals surface area contributed by atoms with E-state index in [0.29, 0.717) is 11.1 Å². The summed E-state index contributed by atoms with van der Waals surface area (Å²) in [4.78, 5) is 10.9. The minimum atomic E-state index is -3.11. The molecule has 0 aliphatic rings. The first-order valence-corrected chi connectivity index (χ1v) is 4.70. The maximum absolute atomic E-state index is 12.1. The van der Waals surface area contributed by atoms with E-state index in [9.17, 15) is 13.6 Å². The first kappa shape index (κ1) is 12.7. The molecule has 0 aliphatic carbocycles. The van der Waals surface area contributed by atoms with E-state index in [-0.39, 0.29) is 10.6 Å². The number of aromatic carboxylic acids is 1. The third kappa shape index (κ3) is 2.41. The van der Waals surface area contributed by atoms with Crippen molar-refractivity contribution in [2.75, 3.05) is 0 Å². The average Bonchev–Trinajstić information content (AvgIpc) is 2.13. The molecular formula is C10H9ClF2O3. The molecule has 0 spiro atoms. The summed E-state index contributed by atoms with van der Waals surface area (Å²) in [6.45, 7) is 0.0328. The van der Waals surface area contributed by atoms with Crippen molar-refractivity contribution in [1.29, 1.82) is 0 Å². The van der Waals surface area contributed by atoms with Gasteiger partial charge in [-0.15, -0.1) is 0 Å². The Balaban J connectivity index is 3.44. The molecule has 1 aromatic rings. The van der Waals surface area contributed by atoms with Gasteiger partial charge in [0.1, 0.15) is 5.56 Å². The molecule has 1 aromatic carbocycles. The van der Waals surface area contributed by atoms with Gasteiger partial charge >= 0.3 is 12.6 Å². The number of benzene rings is 1. The number of aryl methyl sites for hydroxylation is 1. The Hall–Kier alpha value is -1.36. The molecule has 0 fully saturated rings. The number of alkyl halides is 2. The summed E-state index contributed by atoms with van der Waals surface area (Å²) in [7, 11) is 0. The highest BCUT2D eigenvalue weighted by Crippen LogP contribution is 2.34. The summed E-state index contributed by atoms with van der Waals surface area (Å²) in [5.74, 6) is -1.84. The van der Waals surface area contributed by atoms with Gasteiger partial charge in [0.05, 0.1) is 5.02 Å². The number of carbonyl (C=O) groups is 1. The Bertz CT molecular complexity index is 433. The second-order valence-electron chi connectivity index (χ2n) is 3.19. The van der Waals surface area contributed by atoms with Crippen LogP contribution in [0.5, 0.6) is 5.75 Å². The van der Waals surface area contributed by atoms with Crippen LogP contribution in [0.15, 0.2) is 6.07 Å². The lowest BCUT2D eigenvalue weighted by Crippen LogP contribution is -2.10. The Kier molecular flexibility index (Phi) is 3.70. The second kappa shape index (κ2) is 4.65. The Morgan fingerprint density at radius 2 is 2.06 bits per heavy atom. The molecule has 88 valence electrons. The van der Waals surface area contributed by atoms with Crippen molar-refractivity contribution in [3.05, 3.63) is 27.8 Å². The number of ether oxygens (including phenoxy) is 1. The van der Waals surface area contributed by atoms with Crippen LogP contribution >= 0.6 is 11.6 Å². The van der Waals surface area contributed by atoms with Crippen LogP contribution in [-0.4, -0.2) is 17.7 Å². The molecule has 1 rings (SSSR count). The van der Waals surface area contributed by atoms with Gasteiger partial charge in [0, 0.05) is 0 Å². The van der Waals surface area contributed by atoms with Gasteiger partial charge in [-0.05, 0) is 31.0 Å². The molecule has 0 atom stereocenters. The standard InChI is InChI=1S/C10H9ClF2O3/c1-4-3-6(11)8(16-10(12)13)7(5(4)2)9(14)15/h3,10H,1-2H3,(H,14,15). The van der Waals surface area contributed by atoms with E-state index in [0.717, 1.165) is 0 Å². The normalized spacial score (nSPS) is 10.6. The molecule has 0 heterocycles. The number of hydrogen-bond acceptors (Lipinski definition) is 2. The molecule has 0 unspecified atom stereocenters. The molecule has 0 saturated heterocycles. The van der Waals surface area contributed by atoms with Crippen molar-refractivity contribution in [3.63, 3.8) is 0 Å². The van der Waals surface area contributed by atoms with Crippen molar-refractivity contribution in [3.8, 4) is 5.75 Å². The summed E-state index contributed by atoms with van der Waals surface area (Å²) in [5.41, 5.74) is 0.627. The maximum Gasteiger partial charge on any atom is 0.387 e. The van der Waals surface area contributed by atoms with E-state index in [1.54, 1.807) is 6.92 Å². The van der Waals surface area contributed by atoms with E-state index in [2.05, 4.69) is 4.74 Å². The molecule has 1 N–H and O–H groups in total. The van der Waals surface area contributed by atoms with E-state index >= 15 is 0 Å². The molecular weight excluding hydrogens is 242 g/mol. The smallest absolute Gasteiger partial charge is 0.387 e. The van der Waals surface area contributed by atoms with Crippen LogP contribution in [0.3, 0.4) is 0 Å². The molecule has 0 saturated carbocycles. The monoisotopic (exact) mass is 250 g/mol. The highest BCUT2D eigenvalue weighted by Gasteiger charge is 2.22. The van der Waals surface area contributed by atoms with Gasteiger partial charge in [-0.1, -0.05) is 11.6 Å². The molecule has 0 radical (unpaired) electrons. The lowest BCUT2D eigenvalue weighted by molar-refractivity contribution is -0.0503. The largest absolute Gasteiger partial charge is 0.478 e. The highest BCUT2D eigenvalue weighted by atomic mass is 35.5. The van der Waals surface area contributed by atoms with Crippen molar-refractivity contribution in [2.24, 2.45) is 0 Å². The van der Waals surface area contributed by atoms with Crippen LogP contribution in [0.1, 0.15) is 21.5 Å². The molecule has 16 heavy (non-hydrogen) atoms. The van der Waals surface area contributed by atoms with E-state index in [4.69, 9.17) is 16.7 Å². The van der Waals surface area contributed by atoms with Gasteiger partial charge in [0.15, 0.2) is 5.75 Å². The van der Waals surface area contributed by atoms with E-state index in [1.165, 1.54) is 13.0 Å². The van der Waals surface area contributed by atoms with Crippen LogP contribution in [0.2, 0.25) is 5.02 Å². The van der Waals surface area contributed by atoms with Gasteiger partial charge in [0.2, 0.25) is 0 Å². The predicted octanol–water partition coefficient (Wildman–Crippen LogP) is 3.26.